The van der Waals surface area contributed by atoms with Crippen molar-refractivity contribution in [3.8, 4) is 0 Å². The summed E-state index contributed by atoms with van der Waals surface area (Å²) >= 11 is 6.01. The highest BCUT2D eigenvalue weighted by Crippen LogP contribution is 2.32. The lowest BCUT2D eigenvalue weighted by Crippen LogP contribution is -2.51. The number of rotatable bonds is 4. The van der Waals surface area contributed by atoms with Crippen LogP contribution in [0.25, 0.3) is 0 Å². The van der Waals surface area contributed by atoms with Gasteiger partial charge in [-0.3, -0.25) is 4.79 Å². The van der Waals surface area contributed by atoms with Gasteiger partial charge in [-0.2, -0.15) is 0 Å². The van der Waals surface area contributed by atoms with E-state index in [1.807, 2.05) is 0 Å². The van der Waals surface area contributed by atoms with E-state index in [4.69, 9.17) is 17.3 Å². The summed E-state index contributed by atoms with van der Waals surface area (Å²) in [6, 6.07) is 4.69. The summed E-state index contributed by atoms with van der Waals surface area (Å²) in [6.45, 7) is 3.50. The van der Waals surface area contributed by atoms with Crippen LogP contribution in [0.2, 0.25) is 5.02 Å². The highest BCUT2D eigenvalue weighted by molar-refractivity contribution is 6.31. The maximum Gasteiger partial charge on any atom is 0.242 e. The third kappa shape index (κ3) is 3.25. The van der Waals surface area contributed by atoms with Crippen LogP contribution in [0.5, 0.6) is 0 Å². The van der Waals surface area contributed by atoms with Gasteiger partial charge in [-0.25, -0.2) is 4.39 Å². The minimum absolute atomic E-state index is 0.158. The molecule has 0 aromatic heterocycles. The fourth-order valence-electron chi connectivity index (χ4n) is 1.98. The highest BCUT2D eigenvalue weighted by atomic mass is 35.5. The first kappa shape index (κ1) is 14.3. The number of benzene rings is 1. The van der Waals surface area contributed by atoms with E-state index in [2.05, 4.69) is 0 Å². The van der Waals surface area contributed by atoms with E-state index in [1.165, 1.54) is 6.07 Å². The van der Waals surface area contributed by atoms with Crippen molar-refractivity contribution in [3.63, 3.8) is 0 Å². The van der Waals surface area contributed by atoms with Gasteiger partial charge in [0, 0.05) is 16.6 Å². The maximum atomic E-state index is 13.8. The molecular weight excluding hydrogens is 267 g/mol. The molecule has 1 aliphatic rings. The molecule has 104 valence electrons. The van der Waals surface area contributed by atoms with Crippen LogP contribution in [0, 0.1) is 5.82 Å². The number of hydrogen-bond acceptors (Lipinski definition) is 2. The van der Waals surface area contributed by atoms with Gasteiger partial charge in [0.05, 0.1) is 12.1 Å². The van der Waals surface area contributed by atoms with Gasteiger partial charge in [0.25, 0.3) is 0 Å². The largest absolute Gasteiger partial charge is 0.334 e. The number of nitrogens with two attached hydrogens (primary N) is 1. The predicted octanol–water partition coefficient (Wildman–Crippen LogP) is 2.71. The average molecular weight is 285 g/mol. The number of hydrogen-bond donors (Lipinski definition) is 1. The number of carbonyl (C=O) groups is 1. The minimum Gasteiger partial charge on any atom is -0.334 e. The molecule has 0 spiro atoms. The van der Waals surface area contributed by atoms with Crippen LogP contribution in [-0.2, 0) is 11.3 Å². The van der Waals surface area contributed by atoms with E-state index in [9.17, 15) is 9.18 Å². The first-order chi connectivity index (χ1) is 8.80. The zero-order valence-corrected chi connectivity index (χ0v) is 11.9. The van der Waals surface area contributed by atoms with Gasteiger partial charge < -0.3 is 10.6 Å². The van der Waals surface area contributed by atoms with E-state index in [-0.39, 0.29) is 24.3 Å². The van der Waals surface area contributed by atoms with Crippen molar-refractivity contribution in [3.05, 3.63) is 34.6 Å². The summed E-state index contributed by atoms with van der Waals surface area (Å²) in [7, 11) is 0. The molecule has 0 saturated heterocycles. The SMILES string of the molecule is CC(C)(N)C(=O)N(Cc1c(F)cccc1Cl)C1CC1. The normalized spacial score (nSPS) is 15.4. The van der Waals surface area contributed by atoms with Crippen molar-refractivity contribution in [2.24, 2.45) is 5.73 Å². The second-order valence-electron chi connectivity index (χ2n) is 5.59. The Morgan fingerprint density at radius 3 is 2.63 bits per heavy atom. The molecule has 5 heteroatoms. The predicted molar refractivity (Wildman–Crippen MR) is 73.2 cm³/mol. The Morgan fingerprint density at radius 2 is 2.16 bits per heavy atom. The van der Waals surface area contributed by atoms with Gasteiger partial charge in [0.15, 0.2) is 0 Å². The van der Waals surface area contributed by atoms with Crippen LogP contribution in [0.3, 0.4) is 0 Å². The van der Waals surface area contributed by atoms with Gasteiger partial charge in [-0.1, -0.05) is 17.7 Å². The molecular formula is C14H18ClFN2O. The number of carbonyl (C=O) groups excluding carboxylic acids is 1. The van der Waals surface area contributed by atoms with Gasteiger partial charge in [0.2, 0.25) is 5.91 Å². The van der Waals surface area contributed by atoms with Crippen LogP contribution in [-0.4, -0.2) is 22.4 Å². The summed E-state index contributed by atoms with van der Waals surface area (Å²) in [5.41, 5.74) is 5.25. The minimum atomic E-state index is -0.958. The molecule has 0 unspecified atom stereocenters. The Labute approximate surface area is 117 Å². The van der Waals surface area contributed by atoms with Crippen molar-refractivity contribution in [1.82, 2.24) is 4.90 Å². The van der Waals surface area contributed by atoms with Crippen LogP contribution in [0.4, 0.5) is 4.39 Å². The molecule has 3 nitrogen and oxygen atoms in total. The molecule has 0 aliphatic heterocycles. The molecule has 1 fully saturated rings. The van der Waals surface area contributed by atoms with E-state index < -0.39 is 5.54 Å². The number of nitrogens with zero attached hydrogens (tertiary/aromatic N) is 1. The zero-order chi connectivity index (χ0) is 14.2. The van der Waals surface area contributed by atoms with Crippen molar-refractivity contribution in [2.45, 2.75) is 44.8 Å². The Balaban J connectivity index is 2.25. The molecule has 0 heterocycles. The fraction of sp³-hybridized carbons (Fsp3) is 0.500. The second-order valence-corrected chi connectivity index (χ2v) is 5.99. The molecule has 0 radical (unpaired) electrons. The summed E-state index contributed by atoms with van der Waals surface area (Å²) < 4.78 is 13.8. The Morgan fingerprint density at radius 1 is 1.53 bits per heavy atom. The van der Waals surface area contributed by atoms with Crippen LogP contribution in [0.15, 0.2) is 18.2 Å². The van der Waals surface area contributed by atoms with E-state index in [0.717, 1.165) is 12.8 Å². The van der Waals surface area contributed by atoms with Gasteiger partial charge in [-0.15, -0.1) is 0 Å². The average Bonchev–Trinajstić information content (AvgIpc) is 3.11. The molecule has 0 bridgehead atoms. The summed E-state index contributed by atoms with van der Waals surface area (Å²) in [5.74, 6) is -0.560. The van der Waals surface area contributed by atoms with Gasteiger partial charge >= 0.3 is 0 Å². The van der Waals surface area contributed by atoms with E-state index in [0.29, 0.717) is 10.6 Å². The third-order valence-electron chi connectivity index (χ3n) is 3.19. The Hall–Kier alpha value is -1.13. The lowest BCUT2D eigenvalue weighted by Gasteiger charge is -2.30. The zero-order valence-electron chi connectivity index (χ0n) is 11.1. The molecule has 1 aliphatic carbocycles. The highest BCUT2D eigenvalue weighted by Gasteiger charge is 2.38. The second kappa shape index (κ2) is 5.10. The lowest BCUT2D eigenvalue weighted by molar-refractivity contribution is -0.137. The molecule has 1 aromatic rings. The summed E-state index contributed by atoms with van der Waals surface area (Å²) in [4.78, 5) is 14.0. The van der Waals surface area contributed by atoms with E-state index in [1.54, 1.807) is 30.9 Å². The standard InChI is InChI=1S/C14H18ClFN2O/c1-14(2,17)13(19)18(9-6-7-9)8-10-11(15)4-3-5-12(10)16/h3-5,9H,6-8,17H2,1-2H3. The molecule has 0 atom stereocenters. The van der Waals surface area contributed by atoms with Gasteiger partial charge in [0.1, 0.15) is 5.82 Å². The maximum absolute atomic E-state index is 13.8. The first-order valence-corrected chi connectivity index (χ1v) is 6.71. The van der Waals surface area contributed by atoms with Crippen LogP contribution in [0.1, 0.15) is 32.3 Å². The summed E-state index contributed by atoms with van der Waals surface area (Å²) in [6.07, 6.45) is 1.88. The molecule has 2 rings (SSSR count). The molecule has 2 N–H and O–H groups in total. The smallest absolute Gasteiger partial charge is 0.242 e. The van der Waals surface area contributed by atoms with E-state index >= 15 is 0 Å². The fourth-order valence-corrected chi connectivity index (χ4v) is 2.20. The first-order valence-electron chi connectivity index (χ1n) is 6.33. The number of amides is 1. The number of halogens is 2. The van der Waals surface area contributed by atoms with Crippen LogP contribution >= 0.6 is 11.6 Å². The lowest BCUT2D eigenvalue weighted by atomic mass is 10.0. The molecule has 1 saturated carbocycles. The third-order valence-corrected chi connectivity index (χ3v) is 3.54. The van der Waals surface area contributed by atoms with Crippen LogP contribution < -0.4 is 5.73 Å². The van der Waals surface area contributed by atoms with Crippen molar-refractivity contribution in [1.29, 1.82) is 0 Å². The Kier molecular flexibility index (Phi) is 3.83. The molecule has 1 aromatic carbocycles. The topological polar surface area (TPSA) is 46.3 Å². The quantitative estimate of drug-likeness (QED) is 0.924. The molecule has 1 amide bonds. The van der Waals surface area contributed by atoms with Gasteiger partial charge in [-0.05, 0) is 38.8 Å². The monoisotopic (exact) mass is 284 g/mol. The van der Waals surface area contributed by atoms with Crippen molar-refractivity contribution >= 4 is 17.5 Å². The Bertz CT molecular complexity index is 474. The van der Waals surface area contributed by atoms with Crippen molar-refractivity contribution in [2.75, 3.05) is 0 Å². The summed E-state index contributed by atoms with van der Waals surface area (Å²) in [5, 5.41) is 0.341. The molecule has 19 heavy (non-hydrogen) atoms. The van der Waals surface area contributed by atoms with Crippen molar-refractivity contribution < 1.29 is 9.18 Å².